The molecule has 0 aliphatic carbocycles. The van der Waals surface area contributed by atoms with E-state index in [4.69, 9.17) is 27.9 Å². The molecule has 0 bridgehead atoms. The van der Waals surface area contributed by atoms with Crippen molar-refractivity contribution < 1.29 is 14.3 Å². The Kier molecular flexibility index (Phi) is 9.62. The Morgan fingerprint density at radius 1 is 1.09 bits per heavy atom. The summed E-state index contributed by atoms with van der Waals surface area (Å²) in [7, 11) is 0. The first kappa shape index (κ1) is 27.0. The molecule has 2 atom stereocenters. The van der Waals surface area contributed by atoms with Crippen LogP contribution >= 0.6 is 23.2 Å². The lowest BCUT2D eigenvalue weighted by molar-refractivity contribution is -0.142. The average Bonchev–Trinajstić information content (AvgIpc) is 2.75. The number of benzene rings is 2. The molecule has 0 aromatic heterocycles. The Hall–Kier alpha value is -2.24. The molecule has 0 aliphatic heterocycles. The van der Waals surface area contributed by atoms with Crippen LogP contribution in [-0.4, -0.2) is 35.4 Å². The van der Waals surface area contributed by atoms with Crippen molar-refractivity contribution in [2.24, 2.45) is 0 Å². The van der Waals surface area contributed by atoms with Crippen molar-refractivity contribution in [3.8, 4) is 5.75 Å². The van der Waals surface area contributed by atoms with Crippen LogP contribution in [0, 0.1) is 0 Å². The number of rotatable bonds is 9. The smallest absolute Gasteiger partial charge is 0.261 e. The van der Waals surface area contributed by atoms with Crippen LogP contribution in [0.3, 0.4) is 0 Å². The number of hydrogen-bond donors (Lipinski definition) is 1. The van der Waals surface area contributed by atoms with Crippen LogP contribution in [0.1, 0.15) is 59.1 Å². The zero-order valence-corrected chi connectivity index (χ0v) is 21.8. The Bertz CT molecular complexity index is 972. The van der Waals surface area contributed by atoms with Gasteiger partial charge in [0.05, 0.1) is 0 Å². The van der Waals surface area contributed by atoms with Gasteiger partial charge in [-0.15, -0.1) is 0 Å². The third kappa shape index (κ3) is 7.65. The molecule has 0 radical (unpaired) electrons. The largest absolute Gasteiger partial charge is 0.483 e. The van der Waals surface area contributed by atoms with E-state index in [0.717, 1.165) is 12.0 Å². The highest BCUT2D eigenvalue weighted by molar-refractivity contribution is 6.35. The molecule has 0 spiro atoms. The first-order chi connectivity index (χ1) is 15.4. The van der Waals surface area contributed by atoms with Gasteiger partial charge in [0.2, 0.25) is 5.91 Å². The van der Waals surface area contributed by atoms with Crippen molar-refractivity contribution in [2.45, 2.75) is 72.0 Å². The van der Waals surface area contributed by atoms with E-state index < -0.39 is 6.04 Å². The number of halogens is 2. The Morgan fingerprint density at radius 3 is 2.36 bits per heavy atom. The zero-order valence-electron chi connectivity index (χ0n) is 20.2. The van der Waals surface area contributed by atoms with Gasteiger partial charge < -0.3 is 15.0 Å². The van der Waals surface area contributed by atoms with E-state index >= 15 is 0 Å². The Morgan fingerprint density at radius 2 is 1.76 bits per heavy atom. The number of carbonyl (C=O) groups is 2. The van der Waals surface area contributed by atoms with Crippen molar-refractivity contribution in [2.75, 3.05) is 6.61 Å². The summed E-state index contributed by atoms with van der Waals surface area (Å²) in [5.74, 6) is 0.119. The second kappa shape index (κ2) is 11.8. The number of amides is 2. The molecule has 1 N–H and O–H groups in total. The highest BCUT2D eigenvalue weighted by Crippen LogP contribution is 2.31. The summed E-state index contributed by atoms with van der Waals surface area (Å²) in [5.41, 5.74) is 1.57. The van der Waals surface area contributed by atoms with Crippen LogP contribution in [0.15, 0.2) is 42.5 Å². The van der Waals surface area contributed by atoms with E-state index in [1.807, 2.05) is 38.1 Å². The molecule has 0 unspecified atom stereocenters. The molecule has 0 aliphatic rings. The van der Waals surface area contributed by atoms with Crippen LogP contribution in [0.5, 0.6) is 5.75 Å². The minimum Gasteiger partial charge on any atom is -0.483 e. The first-order valence-electron chi connectivity index (χ1n) is 11.2. The van der Waals surface area contributed by atoms with Gasteiger partial charge in [0.25, 0.3) is 5.91 Å². The van der Waals surface area contributed by atoms with Gasteiger partial charge >= 0.3 is 0 Å². The van der Waals surface area contributed by atoms with E-state index in [1.54, 1.807) is 25.1 Å². The topological polar surface area (TPSA) is 58.6 Å². The lowest BCUT2D eigenvalue weighted by Crippen LogP contribution is -2.50. The fraction of sp³-hybridized carbons (Fsp3) is 0.462. The minimum atomic E-state index is -0.709. The van der Waals surface area contributed by atoms with Crippen LogP contribution < -0.4 is 10.1 Å². The zero-order chi connectivity index (χ0) is 24.8. The number of para-hydroxylation sites is 1. The van der Waals surface area contributed by atoms with Gasteiger partial charge in [0.1, 0.15) is 11.8 Å². The molecule has 2 aromatic rings. The molecule has 2 rings (SSSR count). The van der Waals surface area contributed by atoms with Crippen molar-refractivity contribution in [3.05, 3.63) is 63.6 Å². The lowest BCUT2D eigenvalue weighted by atomic mass is 9.86. The lowest BCUT2D eigenvalue weighted by Gasteiger charge is -2.30. The third-order valence-corrected chi connectivity index (χ3v) is 6.16. The molecular weight excluding hydrogens is 459 g/mol. The second-order valence-electron chi connectivity index (χ2n) is 9.29. The van der Waals surface area contributed by atoms with Gasteiger partial charge in [0.15, 0.2) is 6.61 Å². The van der Waals surface area contributed by atoms with Gasteiger partial charge in [-0.25, -0.2) is 0 Å². The highest BCUT2D eigenvalue weighted by Gasteiger charge is 2.28. The van der Waals surface area contributed by atoms with E-state index in [1.165, 1.54) is 4.90 Å². The molecule has 5 nitrogen and oxygen atoms in total. The molecule has 0 saturated heterocycles. The van der Waals surface area contributed by atoms with Crippen LogP contribution in [0.2, 0.25) is 10.0 Å². The summed E-state index contributed by atoms with van der Waals surface area (Å²) in [4.78, 5) is 27.7. The molecule has 7 heteroatoms. The number of hydrogen-bond acceptors (Lipinski definition) is 3. The summed E-state index contributed by atoms with van der Waals surface area (Å²) < 4.78 is 5.95. The fourth-order valence-electron chi connectivity index (χ4n) is 3.32. The monoisotopic (exact) mass is 492 g/mol. The number of carbonyl (C=O) groups excluding carboxylic acids is 2. The van der Waals surface area contributed by atoms with Crippen LogP contribution in [0.4, 0.5) is 0 Å². The van der Waals surface area contributed by atoms with Crippen LogP contribution in [0.25, 0.3) is 0 Å². The first-order valence-corrected chi connectivity index (χ1v) is 12.0. The van der Waals surface area contributed by atoms with E-state index in [0.29, 0.717) is 21.4 Å². The number of ether oxygens (including phenoxy) is 1. The maximum atomic E-state index is 13.3. The number of nitrogens with zero attached hydrogens (tertiary/aromatic N) is 1. The number of nitrogens with one attached hydrogen (secondary N) is 1. The SMILES string of the molecule is CC[C@@H](C)NC(=O)[C@@H](C)N(Cc1ccc(Cl)cc1Cl)C(=O)COc1ccccc1C(C)(C)C. The van der Waals surface area contributed by atoms with E-state index in [9.17, 15) is 9.59 Å². The van der Waals surface area contributed by atoms with Crippen molar-refractivity contribution in [3.63, 3.8) is 0 Å². The minimum absolute atomic E-state index is 0.00549. The molecule has 180 valence electrons. The summed E-state index contributed by atoms with van der Waals surface area (Å²) in [6.45, 7) is 11.9. The van der Waals surface area contributed by atoms with Crippen molar-refractivity contribution in [1.82, 2.24) is 10.2 Å². The summed E-state index contributed by atoms with van der Waals surface area (Å²) >= 11 is 12.4. The molecule has 2 amide bonds. The Labute approximate surface area is 207 Å². The summed E-state index contributed by atoms with van der Waals surface area (Å²) in [5, 5.41) is 3.89. The molecule has 0 heterocycles. The van der Waals surface area contributed by atoms with Gasteiger partial charge in [-0.1, -0.05) is 75.2 Å². The molecular formula is C26H34Cl2N2O3. The summed E-state index contributed by atoms with van der Waals surface area (Å²) in [6, 6.07) is 12.1. The second-order valence-corrected chi connectivity index (χ2v) is 10.1. The van der Waals surface area contributed by atoms with Gasteiger partial charge in [-0.05, 0) is 55.0 Å². The highest BCUT2D eigenvalue weighted by atomic mass is 35.5. The maximum absolute atomic E-state index is 13.3. The van der Waals surface area contributed by atoms with Gasteiger partial charge in [0, 0.05) is 22.6 Å². The standard InChI is InChI=1S/C26H34Cl2N2O3/c1-7-17(2)29-25(32)18(3)30(15-19-12-13-20(27)14-22(19)28)24(31)16-33-23-11-9-8-10-21(23)26(4,5)6/h8-14,17-18H,7,15-16H2,1-6H3,(H,29,32)/t17-,18-/m1/s1. The predicted octanol–water partition coefficient (Wildman–Crippen LogP) is 6.00. The van der Waals surface area contributed by atoms with Crippen molar-refractivity contribution in [1.29, 1.82) is 0 Å². The predicted molar refractivity (Wildman–Crippen MR) is 135 cm³/mol. The third-order valence-electron chi connectivity index (χ3n) is 5.57. The quantitative estimate of drug-likeness (QED) is 0.466. The molecule has 2 aromatic carbocycles. The van der Waals surface area contributed by atoms with E-state index in [-0.39, 0.29) is 36.4 Å². The molecule has 0 saturated carbocycles. The van der Waals surface area contributed by atoms with Crippen molar-refractivity contribution >= 4 is 35.0 Å². The maximum Gasteiger partial charge on any atom is 0.261 e. The average molecular weight is 493 g/mol. The normalized spacial score (nSPS) is 13.2. The fourth-order valence-corrected chi connectivity index (χ4v) is 3.78. The molecule has 33 heavy (non-hydrogen) atoms. The van der Waals surface area contributed by atoms with Gasteiger partial charge in [-0.3, -0.25) is 9.59 Å². The van der Waals surface area contributed by atoms with E-state index in [2.05, 4.69) is 26.1 Å². The van der Waals surface area contributed by atoms with Crippen LogP contribution in [-0.2, 0) is 21.5 Å². The summed E-state index contributed by atoms with van der Waals surface area (Å²) in [6.07, 6.45) is 0.794. The Balaban J connectivity index is 2.27. The van der Waals surface area contributed by atoms with Gasteiger partial charge in [-0.2, -0.15) is 0 Å². The molecule has 0 fully saturated rings.